The maximum atomic E-state index is 13.7. The smallest absolute Gasteiger partial charge is 0.279 e. The van der Waals surface area contributed by atoms with E-state index in [-0.39, 0.29) is 18.5 Å². The Hall–Kier alpha value is -2.87. The molecule has 0 bridgehead atoms. The number of carbonyl (C=O) groups is 2. The van der Waals surface area contributed by atoms with Crippen LogP contribution in [0.1, 0.15) is 38.3 Å². The highest BCUT2D eigenvalue weighted by Gasteiger charge is 2.26. The van der Waals surface area contributed by atoms with Crippen molar-refractivity contribution in [3.05, 3.63) is 65.5 Å². The molecule has 0 aliphatic heterocycles. The summed E-state index contributed by atoms with van der Waals surface area (Å²) in [6, 6.07) is 10.6. The molecular formula is C22H27F3N3O2+. The summed E-state index contributed by atoms with van der Waals surface area (Å²) in [5.41, 5.74) is 0.556. The van der Waals surface area contributed by atoms with Crippen LogP contribution in [-0.2, 0) is 9.59 Å². The van der Waals surface area contributed by atoms with Gasteiger partial charge in [-0.3, -0.25) is 9.59 Å². The second kappa shape index (κ2) is 10.8. The van der Waals surface area contributed by atoms with Crippen molar-refractivity contribution in [1.82, 2.24) is 5.32 Å². The average molecular weight is 422 g/mol. The van der Waals surface area contributed by atoms with Crippen molar-refractivity contribution in [2.45, 2.75) is 38.8 Å². The summed E-state index contributed by atoms with van der Waals surface area (Å²) in [6.45, 7) is 3.56. The lowest BCUT2D eigenvalue weighted by Gasteiger charge is -2.24. The predicted molar refractivity (Wildman–Crippen MR) is 108 cm³/mol. The van der Waals surface area contributed by atoms with E-state index in [1.807, 2.05) is 37.3 Å². The monoisotopic (exact) mass is 422 g/mol. The number of halogens is 3. The lowest BCUT2D eigenvalue weighted by Crippen LogP contribution is -3.15. The van der Waals surface area contributed by atoms with E-state index in [4.69, 9.17) is 0 Å². The minimum atomic E-state index is -1.65. The van der Waals surface area contributed by atoms with Crippen molar-refractivity contribution in [1.29, 1.82) is 0 Å². The van der Waals surface area contributed by atoms with E-state index in [0.717, 1.165) is 30.5 Å². The fourth-order valence-electron chi connectivity index (χ4n) is 3.04. The van der Waals surface area contributed by atoms with Crippen molar-refractivity contribution in [3.8, 4) is 0 Å². The number of likely N-dealkylation sites (N-methyl/N-ethyl adjacent to an activating group) is 1. The zero-order chi connectivity index (χ0) is 22.3. The third-order valence-electron chi connectivity index (χ3n) is 4.98. The average Bonchev–Trinajstić information content (AvgIpc) is 2.73. The van der Waals surface area contributed by atoms with Crippen LogP contribution in [0.15, 0.2) is 42.5 Å². The molecule has 3 N–H and O–H groups in total. The molecular weight excluding hydrogens is 395 g/mol. The maximum Gasteiger partial charge on any atom is 0.279 e. The molecule has 0 saturated carbocycles. The first-order valence-electron chi connectivity index (χ1n) is 9.85. The topological polar surface area (TPSA) is 62.6 Å². The van der Waals surface area contributed by atoms with E-state index in [0.29, 0.717) is 4.90 Å². The first-order chi connectivity index (χ1) is 14.2. The van der Waals surface area contributed by atoms with Gasteiger partial charge in [-0.15, -0.1) is 0 Å². The van der Waals surface area contributed by atoms with Gasteiger partial charge in [-0.2, -0.15) is 0 Å². The summed E-state index contributed by atoms with van der Waals surface area (Å²) in [7, 11) is 1.66. The first kappa shape index (κ1) is 23.4. The Balaban J connectivity index is 1.97. The summed E-state index contributed by atoms with van der Waals surface area (Å²) in [5.74, 6) is -5.29. The van der Waals surface area contributed by atoms with Gasteiger partial charge in [0.25, 0.3) is 11.8 Å². The highest BCUT2D eigenvalue weighted by Crippen LogP contribution is 2.19. The van der Waals surface area contributed by atoms with Gasteiger partial charge in [-0.25, -0.2) is 13.2 Å². The molecule has 0 spiro atoms. The van der Waals surface area contributed by atoms with Gasteiger partial charge in [0.2, 0.25) is 0 Å². The molecule has 5 nitrogen and oxygen atoms in total. The Morgan fingerprint density at radius 1 is 1.03 bits per heavy atom. The number of nitrogens with one attached hydrogen (secondary N) is 3. The molecule has 0 aromatic heterocycles. The van der Waals surface area contributed by atoms with Crippen molar-refractivity contribution < 1.29 is 27.7 Å². The molecule has 2 amide bonds. The molecule has 3 atom stereocenters. The molecule has 2 aromatic carbocycles. The van der Waals surface area contributed by atoms with E-state index in [1.165, 1.54) is 0 Å². The van der Waals surface area contributed by atoms with Crippen LogP contribution in [0.3, 0.4) is 0 Å². The molecule has 162 valence electrons. The van der Waals surface area contributed by atoms with Gasteiger partial charge in [-0.05, 0) is 31.0 Å². The number of benzene rings is 2. The SMILES string of the molecule is CCC[C@H](NC(=O)[C@@H](C)[NH+](C)CC(=O)Nc1ccc(F)c(F)c1F)c1ccccc1. The molecule has 0 heterocycles. The van der Waals surface area contributed by atoms with E-state index in [1.54, 1.807) is 14.0 Å². The van der Waals surface area contributed by atoms with Crippen LogP contribution in [0.4, 0.5) is 18.9 Å². The van der Waals surface area contributed by atoms with Crippen LogP contribution >= 0.6 is 0 Å². The fourth-order valence-corrected chi connectivity index (χ4v) is 3.04. The van der Waals surface area contributed by atoms with Gasteiger partial charge in [-0.1, -0.05) is 43.7 Å². The highest BCUT2D eigenvalue weighted by atomic mass is 19.2. The molecule has 2 aromatic rings. The Kier molecular flexibility index (Phi) is 8.41. The maximum absolute atomic E-state index is 13.7. The van der Waals surface area contributed by atoms with Gasteiger partial charge < -0.3 is 15.5 Å². The number of amides is 2. The van der Waals surface area contributed by atoms with Crippen LogP contribution < -0.4 is 15.5 Å². The number of anilines is 1. The van der Waals surface area contributed by atoms with E-state index in [9.17, 15) is 22.8 Å². The quantitative estimate of drug-likeness (QED) is 0.544. The molecule has 2 rings (SSSR count). The number of quaternary nitrogens is 1. The molecule has 1 unspecified atom stereocenters. The summed E-state index contributed by atoms with van der Waals surface area (Å²) in [6.07, 6.45) is 1.66. The van der Waals surface area contributed by atoms with Crippen molar-refractivity contribution in [2.24, 2.45) is 0 Å². The molecule has 30 heavy (non-hydrogen) atoms. The van der Waals surface area contributed by atoms with Gasteiger partial charge >= 0.3 is 0 Å². The van der Waals surface area contributed by atoms with E-state index >= 15 is 0 Å². The molecule has 8 heteroatoms. The minimum absolute atomic E-state index is 0.135. The van der Waals surface area contributed by atoms with Crippen molar-refractivity contribution >= 4 is 17.5 Å². The lowest BCUT2D eigenvalue weighted by molar-refractivity contribution is -0.885. The number of hydrogen-bond acceptors (Lipinski definition) is 2. The second-order valence-corrected chi connectivity index (χ2v) is 7.28. The normalized spacial score (nSPS) is 13.9. The zero-order valence-corrected chi connectivity index (χ0v) is 17.3. The summed E-state index contributed by atoms with van der Waals surface area (Å²) < 4.78 is 40.0. The minimum Gasteiger partial charge on any atom is -0.344 e. The first-order valence-corrected chi connectivity index (χ1v) is 9.85. The van der Waals surface area contributed by atoms with Crippen LogP contribution in [0, 0.1) is 17.5 Å². The van der Waals surface area contributed by atoms with Gasteiger partial charge in [0.05, 0.1) is 18.8 Å². The van der Waals surface area contributed by atoms with Gasteiger partial charge in [0, 0.05) is 0 Å². The predicted octanol–water partition coefficient (Wildman–Crippen LogP) is 2.60. The summed E-state index contributed by atoms with van der Waals surface area (Å²) >= 11 is 0. The van der Waals surface area contributed by atoms with Crippen LogP contribution in [-0.4, -0.2) is 31.4 Å². The zero-order valence-electron chi connectivity index (χ0n) is 17.3. The molecule has 0 fully saturated rings. The summed E-state index contributed by atoms with van der Waals surface area (Å²) in [4.78, 5) is 25.5. The number of rotatable bonds is 9. The Morgan fingerprint density at radius 3 is 2.33 bits per heavy atom. The van der Waals surface area contributed by atoms with Gasteiger partial charge in [0.1, 0.15) is 0 Å². The number of carbonyl (C=O) groups excluding carboxylic acids is 2. The van der Waals surface area contributed by atoms with Crippen LogP contribution in [0.2, 0.25) is 0 Å². The van der Waals surface area contributed by atoms with Crippen molar-refractivity contribution in [2.75, 3.05) is 18.9 Å². The Morgan fingerprint density at radius 2 is 1.70 bits per heavy atom. The van der Waals surface area contributed by atoms with E-state index < -0.39 is 35.1 Å². The lowest BCUT2D eigenvalue weighted by atomic mass is 10.0. The van der Waals surface area contributed by atoms with Crippen LogP contribution in [0.5, 0.6) is 0 Å². The molecule has 0 saturated heterocycles. The summed E-state index contributed by atoms with van der Waals surface area (Å²) in [5, 5.41) is 5.23. The fraction of sp³-hybridized carbons (Fsp3) is 0.364. The standard InChI is InChI=1S/C22H26F3N3O2/c1-4-8-17(15-9-6-5-7-10-15)27-22(30)14(2)28(3)13-19(29)26-18-12-11-16(23)20(24)21(18)25/h5-7,9-12,14,17H,4,8,13H2,1-3H3,(H,26,29)(H,27,30)/p+1/t14-,17+/m1/s1. The van der Waals surface area contributed by atoms with E-state index in [2.05, 4.69) is 10.6 Å². The van der Waals surface area contributed by atoms with Crippen LogP contribution in [0.25, 0.3) is 0 Å². The number of hydrogen-bond donors (Lipinski definition) is 3. The third-order valence-corrected chi connectivity index (χ3v) is 4.98. The highest BCUT2D eigenvalue weighted by molar-refractivity contribution is 5.91. The molecule has 0 aliphatic carbocycles. The third kappa shape index (κ3) is 6.06. The van der Waals surface area contributed by atoms with Gasteiger partial charge in [0.15, 0.2) is 30.0 Å². The Bertz CT molecular complexity index is 877. The largest absolute Gasteiger partial charge is 0.344 e. The molecule has 0 aliphatic rings. The Labute approximate surface area is 174 Å². The van der Waals surface area contributed by atoms with Crippen molar-refractivity contribution in [3.63, 3.8) is 0 Å². The molecule has 0 radical (unpaired) electrons. The second-order valence-electron chi connectivity index (χ2n) is 7.28.